The minimum atomic E-state index is -1.25. The number of rotatable bonds is 3. The first kappa shape index (κ1) is 12.9. The molecule has 0 aliphatic heterocycles. The molecule has 0 spiro atoms. The number of hydrogen-bond acceptors (Lipinski definition) is 6. The SMILES string of the molecule is Cc1cc(Nc2ccc(C(=O)O)c([O-])c2)n2ncnc2n1. The average molecular weight is 284 g/mol. The summed E-state index contributed by atoms with van der Waals surface area (Å²) < 4.78 is 1.49. The molecule has 3 aromatic rings. The maximum atomic E-state index is 11.7. The summed E-state index contributed by atoms with van der Waals surface area (Å²) in [5.41, 5.74) is 0.937. The zero-order chi connectivity index (χ0) is 15.0. The molecule has 0 unspecified atom stereocenters. The third-order valence-corrected chi connectivity index (χ3v) is 2.86. The standard InChI is InChI=1S/C13H11N5O3/c1-7-4-11(18-13(16-7)14-6-15-18)17-8-2-3-9(12(20)21)10(19)5-8/h2-6,17,19H,1H3,(H,20,21)/p-1. The third-order valence-electron chi connectivity index (χ3n) is 2.86. The van der Waals surface area contributed by atoms with Crippen LogP contribution >= 0.6 is 0 Å². The molecule has 8 heteroatoms. The van der Waals surface area contributed by atoms with Gasteiger partial charge in [-0.1, -0.05) is 5.75 Å². The molecule has 1 aromatic carbocycles. The van der Waals surface area contributed by atoms with Gasteiger partial charge in [0.25, 0.3) is 5.78 Å². The summed E-state index contributed by atoms with van der Waals surface area (Å²) in [4.78, 5) is 19.0. The van der Waals surface area contributed by atoms with Gasteiger partial charge in [-0.25, -0.2) is 9.78 Å². The number of hydrogen-bond donors (Lipinski definition) is 2. The van der Waals surface area contributed by atoms with E-state index in [1.807, 2.05) is 6.92 Å². The fourth-order valence-corrected chi connectivity index (χ4v) is 1.94. The van der Waals surface area contributed by atoms with Crippen molar-refractivity contribution in [3.63, 3.8) is 0 Å². The Morgan fingerprint density at radius 3 is 2.90 bits per heavy atom. The largest absolute Gasteiger partial charge is 0.872 e. The number of nitrogens with zero attached hydrogens (tertiary/aromatic N) is 4. The number of fused-ring (bicyclic) bond motifs is 1. The van der Waals surface area contributed by atoms with Crippen LogP contribution in [-0.2, 0) is 0 Å². The summed E-state index contributed by atoms with van der Waals surface area (Å²) in [5.74, 6) is -0.794. The van der Waals surface area contributed by atoms with E-state index in [1.165, 1.54) is 29.0 Å². The average Bonchev–Trinajstić information content (AvgIpc) is 2.86. The van der Waals surface area contributed by atoms with Gasteiger partial charge in [0.2, 0.25) is 0 Å². The highest BCUT2D eigenvalue weighted by atomic mass is 16.4. The lowest BCUT2D eigenvalue weighted by Gasteiger charge is -2.14. The van der Waals surface area contributed by atoms with Gasteiger partial charge in [-0.3, -0.25) is 0 Å². The zero-order valence-corrected chi connectivity index (χ0v) is 10.9. The smallest absolute Gasteiger partial charge is 0.335 e. The monoisotopic (exact) mass is 284 g/mol. The molecule has 0 saturated carbocycles. The molecule has 2 N–H and O–H groups in total. The predicted molar refractivity (Wildman–Crippen MR) is 71.6 cm³/mol. The van der Waals surface area contributed by atoms with Crippen molar-refractivity contribution >= 4 is 23.3 Å². The number of carboxylic acids is 1. The summed E-state index contributed by atoms with van der Waals surface area (Å²) in [6, 6.07) is 5.75. The molecule has 3 rings (SSSR count). The van der Waals surface area contributed by atoms with Crippen LogP contribution in [0.15, 0.2) is 30.6 Å². The van der Waals surface area contributed by atoms with Crippen LogP contribution in [-0.4, -0.2) is 30.7 Å². The molecule has 0 radical (unpaired) electrons. The van der Waals surface area contributed by atoms with Crippen LogP contribution in [0.5, 0.6) is 5.75 Å². The van der Waals surface area contributed by atoms with Gasteiger partial charge in [-0.05, 0) is 25.1 Å². The van der Waals surface area contributed by atoms with Gasteiger partial charge >= 0.3 is 5.97 Å². The quantitative estimate of drug-likeness (QED) is 0.735. The molecule has 0 amide bonds. The summed E-state index contributed by atoms with van der Waals surface area (Å²) in [6.45, 7) is 1.81. The van der Waals surface area contributed by atoms with Crippen molar-refractivity contribution in [1.82, 2.24) is 19.6 Å². The Kier molecular flexibility index (Phi) is 2.90. The van der Waals surface area contributed by atoms with Crippen LogP contribution in [0.4, 0.5) is 11.5 Å². The van der Waals surface area contributed by atoms with Crippen molar-refractivity contribution in [2.75, 3.05) is 5.32 Å². The van der Waals surface area contributed by atoms with Crippen LogP contribution in [0.3, 0.4) is 0 Å². The summed E-state index contributed by atoms with van der Waals surface area (Å²) in [7, 11) is 0. The van der Waals surface area contributed by atoms with E-state index in [0.29, 0.717) is 17.3 Å². The molecule has 21 heavy (non-hydrogen) atoms. The first-order valence-corrected chi connectivity index (χ1v) is 6.03. The number of carboxylic acid groups (broad SMARTS) is 1. The summed E-state index contributed by atoms with van der Waals surface area (Å²) in [5, 5.41) is 27.6. The van der Waals surface area contributed by atoms with Crippen molar-refractivity contribution in [1.29, 1.82) is 0 Å². The minimum absolute atomic E-state index is 0.266. The van der Waals surface area contributed by atoms with Crippen LogP contribution < -0.4 is 10.4 Å². The lowest BCUT2D eigenvalue weighted by Crippen LogP contribution is -2.06. The summed E-state index contributed by atoms with van der Waals surface area (Å²) >= 11 is 0. The van der Waals surface area contributed by atoms with Gasteiger partial charge in [-0.2, -0.15) is 14.6 Å². The van der Waals surface area contributed by atoms with Crippen LogP contribution in [0, 0.1) is 6.92 Å². The Morgan fingerprint density at radius 2 is 2.19 bits per heavy atom. The lowest BCUT2D eigenvalue weighted by atomic mass is 10.2. The van der Waals surface area contributed by atoms with Crippen molar-refractivity contribution in [3.8, 4) is 5.75 Å². The van der Waals surface area contributed by atoms with Crippen molar-refractivity contribution in [2.24, 2.45) is 0 Å². The molecule has 8 nitrogen and oxygen atoms in total. The number of aryl methyl sites for hydroxylation is 1. The molecule has 2 aromatic heterocycles. The van der Waals surface area contributed by atoms with Crippen LogP contribution in [0.2, 0.25) is 0 Å². The van der Waals surface area contributed by atoms with E-state index < -0.39 is 11.7 Å². The Balaban J connectivity index is 2.00. The lowest BCUT2D eigenvalue weighted by molar-refractivity contribution is -0.268. The molecule has 2 heterocycles. The molecular weight excluding hydrogens is 274 g/mol. The third kappa shape index (κ3) is 2.34. The Labute approximate surface area is 118 Å². The molecular formula is C13H10N5O3-. The number of aromatic carboxylic acids is 1. The Morgan fingerprint density at radius 1 is 1.38 bits per heavy atom. The van der Waals surface area contributed by atoms with Gasteiger partial charge < -0.3 is 15.5 Å². The van der Waals surface area contributed by atoms with Gasteiger partial charge in [0.15, 0.2) is 0 Å². The molecule has 0 aliphatic rings. The number of anilines is 2. The Hall–Kier alpha value is -3.16. The zero-order valence-electron chi connectivity index (χ0n) is 10.9. The maximum absolute atomic E-state index is 11.7. The van der Waals surface area contributed by atoms with Gasteiger partial charge in [0.05, 0.1) is 5.56 Å². The van der Waals surface area contributed by atoms with E-state index in [2.05, 4.69) is 20.4 Å². The molecule has 0 bridgehead atoms. The number of carbonyl (C=O) groups is 1. The van der Waals surface area contributed by atoms with E-state index in [9.17, 15) is 9.90 Å². The van der Waals surface area contributed by atoms with Crippen LogP contribution in [0.1, 0.15) is 16.1 Å². The molecule has 0 atom stereocenters. The highest BCUT2D eigenvalue weighted by Gasteiger charge is 2.08. The highest BCUT2D eigenvalue weighted by Crippen LogP contribution is 2.23. The highest BCUT2D eigenvalue weighted by molar-refractivity contribution is 5.91. The second kappa shape index (κ2) is 4.75. The fraction of sp³-hybridized carbons (Fsp3) is 0.0769. The molecule has 0 aliphatic carbocycles. The second-order valence-corrected chi connectivity index (χ2v) is 4.40. The predicted octanol–water partition coefficient (Wildman–Crippen LogP) is 0.948. The normalized spacial score (nSPS) is 10.7. The molecule has 0 saturated heterocycles. The van der Waals surface area contributed by atoms with Gasteiger partial charge in [0, 0.05) is 17.4 Å². The van der Waals surface area contributed by atoms with Gasteiger partial charge in [0.1, 0.15) is 12.1 Å². The van der Waals surface area contributed by atoms with Crippen molar-refractivity contribution in [2.45, 2.75) is 6.92 Å². The van der Waals surface area contributed by atoms with E-state index in [4.69, 9.17) is 5.11 Å². The Bertz CT molecular complexity index is 843. The fourth-order valence-electron chi connectivity index (χ4n) is 1.94. The molecule has 0 fully saturated rings. The first-order valence-electron chi connectivity index (χ1n) is 6.03. The molecule has 106 valence electrons. The number of benzene rings is 1. The second-order valence-electron chi connectivity index (χ2n) is 4.40. The van der Waals surface area contributed by atoms with E-state index >= 15 is 0 Å². The first-order chi connectivity index (χ1) is 10.0. The van der Waals surface area contributed by atoms with Crippen molar-refractivity contribution in [3.05, 3.63) is 41.9 Å². The van der Waals surface area contributed by atoms with Crippen molar-refractivity contribution < 1.29 is 15.0 Å². The van der Waals surface area contributed by atoms with E-state index in [0.717, 1.165) is 5.69 Å². The van der Waals surface area contributed by atoms with Crippen LogP contribution in [0.25, 0.3) is 5.78 Å². The topological polar surface area (TPSA) is 115 Å². The summed E-state index contributed by atoms with van der Waals surface area (Å²) in [6.07, 6.45) is 1.37. The van der Waals surface area contributed by atoms with Gasteiger partial charge in [-0.15, -0.1) is 0 Å². The number of nitrogens with one attached hydrogen (secondary N) is 1. The minimum Gasteiger partial charge on any atom is -0.872 e. The maximum Gasteiger partial charge on any atom is 0.335 e. The van der Waals surface area contributed by atoms with E-state index in [1.54, 1.807) is 6.07 Å². The van der Waals surface area contributed by atoms with E-state index in [-0.39, 0.29) is 5.56 Å². The number of aromatic nitrogens is 4.